The van der Waals surface area contributed by atoms with E-state index >= 15 is 0 Å². The molecule has 1 amide bonds. The molecule has 0 heterocycles. The number of hydrogen-bond donors (Lipinski definition) is 2. The molecule has 0 saturated carbocycles. The molecule has 0 radical (unpaired) electrons. The summed E-state index contributed by atoms with van der Waals surface area (Å²) in [6.45, 7) is 1.88. The van der Waals surface area contributed by atoms with Crippen LogP contribution < -0.4 is 11.1 Å². The summed E-state index contributed by atoms with van der Waals surface area (Å²) in [7, 11) is 0. The van der Waals surface area contributed by atoms with Gasteiger partial charge in [0.05, 0.1) is 11.6 Å². The number of carbonyl (C=O) groups is 1. The maximum Gasteiger partial charge on any atom is 0.253 e. The molecule has 104 valence electrons. The summed E-state index contributed by atoms with van der Waals surface area (Å²) in [5, 5.41) is 2.84. The number of carbonyl (C=O) groups excluding carboxylic acids is 1. The Bertz CT molecular complexity index is 628. The minimum atomic E-state index is -0.458. The Morgan fingerprint density at radius 2 is 1.90 bits per heavy atom. The number of nitrogens with two attached hydrogens (primary N) is 1. The van der Waals surface area contributed by atoms with Gasteiger partial charge < -0.3 is 11.1 Å². The van der Waals surface area contributed by atoms with Crippen molar-refractivity contribution in [3.63, 3.8) is 0 Å². The Hall–Kier alpha value is -1.88. The van der Waals surface area contributed by atoms with E-state index in [9.17, 15) is 9.18 Å². The van der Waals surface area contributed by atoms with Crippen LogP contribution in [0.15, 0.2) is 46.9 Å². The molecule has 0 aromatic heterocycles. The van der Waals surface area contributed by atoms with E-state index in [1.807, 2.05) is 31.2 Å². The number of nitrogens with one attached hydrogen (secondary N) is 1. The third-order valence-corrected chi connectivity index (χ3v) is 3.50. The molecular formula is C15H14BrFN2O. The van der Waals surface area contributed by atoms with Crippen molar-refractivity contribution >= 4 is 27.5 Å². The van der Waals surface area contributed by atoms with E-state index < -0.39 is 5.82 Å². The Balaban J connectivity index is 2.13. The summed E-state index contributed by atoms with van der Waals surface area (Å²) in [5.41, 5.74) is 7.03. The topological polar surface area (TPSA) is 55.1 Å². The highest BCUT2D eigenvalue weighted by molar-refractivity contribution is 9.10. The normalized spacial score (nSPS) is 11.9. The summed E-state index contributed by atoms with van der Waals surface area (Å²) in [6.07, 6.45) is 0. The zero-order valence-electron chi connectivity index (χ0n) is 10.9. The fourth-order valence-corrected chi connectivity index (χ4v) is 2.11. The van der Waals surface area contributed by atoms with Gasteiger partial charge in [0.25, 0.3) is 5.91 Å². The van der Waals surface area contributed by atoms with Gasteiger partial charge in [-0.15, -0.1) is 0 Å². The predicted octanol–water partition coefficient (Wildman–Crippen LogP) is 3.66. The molecule has 0 aliphatic heterocycles. The molecule has 2 aromatic carbocycles. The van der Waals surface area contributed by atoms with Crippen molar-refractivity contribution in [1.82, 2.24) is 5.32 Å². The largest absolute Gasteiger partial charge is 0.398 e. The van der Waals surface area contributed by atoms with Crippen LogP contribution in [0.3, 0.4) is 0 Å². The summed E-state index contributed by atoms with van der Waals surface area (Å²) >= 11 is 3.36. The molecule has 0 fully saturated rings. The first-order chi connectivity index (χ1) is 9.47. The smallest absolute Gasteiger partial charge is 0.253 e. The maximum atomic E-state index is 13.0. The number of nitrogen functional groups attached to an aromatic ring is 1. The summed E-state index contributed by atoms with van der Waals surface area (Å²) < 4.78 is 13.9. The molecule has 0 unspecified atom stereocenters. The summed E-state index contributed by atoms with van der Waals surface area (Å²) in [4.78, 5) is 12.1. The molecule has 3 N–H and O–H groups in total. The van der Waals surface area contributed by atoms with Crippen molar-refractivity contribution in [3.8, 4) is 0 Å². The molecule has 5 heteroatoms. The van der Waals surface area contributed by atoms with Crippen molar-refractivity contribution in [2.75, 3.05) is 5.73 Å². The van der Waals surface area contributed by atoms with E-state index in [2.05, 4.69) is 21.2 Å². The quantitative estimate of drug-likeness (QED) is 0.840. The fraction of sp³-hybridized carbons (Fsp3) is 0.133. The van der Waals surface area contributed by atoms with Gasteiger partial charge in [-0.2, -0.15) is 0 Å². The fourth-order valence-electron chi connectivity index (χ4n) is 1.85. The third kappa shape index (κ3) is 3.36. The van der Waals surface area contributed by atoms with Gasteiger partial charge in [-0.05, 0) is 42.8 Å². The lowest BCUT2D eigenvalue weighted by Gasteiger charge is -2.15. The van der Waals surface area contributed by atoms with Crippen LogP contribution in [-0.4, -0.2) is 5.91 Å². The van der Waals surface area contributed by atoms with Gasteiger partial charge in [-0.25, -0.2) is 4.39 Å². The van der Waals surface area contributed by atoms with E-state index in [0.29, 0.717) is 0 Å². The van der Waals surface area contributed by atoms with Crippen LogP contribution in [0.25, 0.3) is 0 Å². The molecule has 2 rings (SSSR count). The summed E-state index contributed by atoms with van der Waals surface area (Å²) in [5.74, 6) is -0.780. The van der Waals surface area contributed by atoms with Gasteiger partial charge in [0.1, 0.15) is 5.82 Å². The number of anilines is 1. The highest BCUT2D eigenvalue weighted by atomic mass is 79.9. The lowest BCUT2D eigenvalue weighted by Crippen LogP contribution is -2.27. The Labute approximate surface area is 125 Å². The molecule has 0 spiro atoms. The van der Waals surface area contributed by atoms with Gasteiger partial charge >= 0.3 is 0 Å². The second-order valence-electron chi connectivity index (χ2n) is 4.48. The highest BCUT2D eigenvalue weighted by Gasteiger charge is 2.14. The Kier molecular flexibility index (Phi) is 4.39. The zero-order chi connectivity index (χ0) is 14.7. The van der Waals surface area contributed by atoms with Gasteiger partial charge in [0.2, 0.25) is 0 Å². The van der Waals surface area contributed by atoms with Crippen molar-refractivity contribution < 1.29 is 9.18 Å². The van der Waals surface area contributed by atoms with Gasteiger partial charge in [-0.3, -0.25) is 4.79 Å². The molecule has 1 atom stereocenters. The number of halogens is 2. The van der Waals surface area contributed by atoms with Gasteiger partial charge in [-0.1, -0.05) is 28.1 Å². The van der Waals surface area contributed by atoms with Crippen molar-refractivity contribution in [2.45, 2.75) is 13.0 Å². The Morgan fingerprint density at radius 3 is 2.50 bits per heavy atom. The first-order valence-corrected chi connectivity index (χ1v) is 6.88. The number of rotatable bonds is 3. The standard InChI is InChI=1S/C15H14BrFN2O/c1-9(10-2-4-11(16)5-3-10)19-15(20)13-7-6-12(17)8-14(13)18/h2-9H,18H2,1H3,(H,19,20)/t9-/m0/s1. The second kappa shape index (κ2) is 6.05. The van der Waals surface area contributed by atoms with Crippen LogP contribution >= 0.6 is 15.9 Å². The number of benzene rings is 2. The number of hydrogen-bond acceptors (Lipinski definition) is 2. The van der Waals surface area contributed by atoms with Crippen LogP contribution in [0.5, 0.6) is 0 Å². The van der Waals surface area contributed by atoms with Gasteiger partial charge in [0.15, 0.2) is 0 Å². The Morgan fingerprint density at radius 1 is 1.25 bits per heavy atom. The highest BCUT2D eigenvalue weighted by Crippen LogP contribution is 2.18. The monoisotopic (exact) mass is 336 g/mol. The lowest BCUT2D eigenvalue weighted by atomic mass is 10.1. The molecule has 0 aliphatic rings. The van der Waals surface area contributed by atoms with Crippen LogP contribution in [0.2, 0.25) is 0 Å². The molecule has 0 bridgehead atoms. The van der Waals surface area contributed by atoms with Gasteiger partial charge in [0, 0.05) is 10.2 Å². The molecule has 0 saturated heterocycles. The summed E-state index contributed by atoms with van der Waals surface area (Å²) in [6, 6.07) is 11.2. The molecule has 20 heavy (non-hydrogen) atoms. The van der Waals surface area contributed by atoms with E-state index in [1.54, 1.807) is 0 Å². The first-order valence-electron chi connectivity index (χ1n) is 6.08. The third-order valence-electron chi connectivity index (χ3n) is 2.98. The van der Waals surface area contributed by atoms with Crippen molar-refractivity contribution in [1.29, 1.82) is 0 Å². The van der Waals surface area contributed by atoms with Crippen LogP contribution in [-0.2, 0) is 0 Å². The first kappa shape index (κ1) is 14.5. The van der Waals surface area contributed by atoms with Crippen LogP contribution in [0.1, 0.15) is 28.9 Å². The SMILES string of the molecule is C[C@H](NC(=O)c1ccc(F)cc1N)c1ccc(Br)cc1. The minimum Gasteiger partial charge on any atom is -0.398 e. The molecule has 0 aliphatic carbocycles. The maximum absolute atomic E-state index is 13.0. The number of amides is 1. The lowest BCUT2D eigenvalue weighted by molar-refractivity contribution is 0.0941. The zero-order valence-corrected chi connectivity index (χ0v) is 12.4. The molecular weight excluding hydrogens is 323 g/mol. The van der Waals surface area contributed by atoms with Crippen LogP contribution in [0, 0.1) is 5.82 Å². The average molecular weight is 337 g/mol. The molecule has 3 nitrogen and oxygen atoms in total. The average Bonchev–Trinajstić information content (AvgIpc) is 2.39. The minimum absolute atomic E-state index is 0.130. The van der Waals surface area contributed by atoms with E-state index in [4.69, 9.17) is 5.73 Å². The van der Waals surface area contributed by atoms with E-state index in [1.165, 1.54) is 12.1 Å². The van der Waals surface area contributed by atoms with Crippen molar-refractivity contribution in [3.05, 3.63) is 63.9 Å². The van der Waals surface area contributed by atoms with Crippen molar-refractivity contribution in [2.24, 2.45) is 0 Å². The van der Waals surface area contributed by atoms with E-state index in [-0.39, 0.29) is 23.2 Å². The second-order valence-corrected chi connectivity index (χ2v) is 5.39. The van der Waals surface area contributed by atoms with Crippen LogP contribution in [0.4, 0.5) is 10.1 Å². The predicted molar refractivity (Wildman–Crippen MR) is 80.8 cm³/mol. The molecule has 2 aromatic rings. The van der Waals surface area contributed by atoms with E-state index in [0.717, 1.165) is 16.1 Å².